The van der Waals surface area contributed by atoms with Crippen LogP contribution in [0.1, 0.15) is 19.8 Å². The number of rotatable bonds is 5. The molecule has 1 aliphatic heterocycles. The first kappa shape index (κ1) is 15.8. The lowest BCUT2D eigenvalue weighted by molar-refractivity contribution is -0.134. The summed E-state index contributed by atoms with van der Waals surface area (Å²) < 4.78 is 18.3. The summed E-state index contributed by atoms with van der Waals surface area (Å²) in [4.78, 5) is 14.1. The van der Waals surface area contributed by atoms with Crippen LogP contribution in [-0.2, 0) is 4.79 Å². The third kappa shape index (κ3) is 4.43. The van der Waals surface area contributed by atoms with Crippen molar-refractivity contribution in [2.75, 3.05) is 26.7 Å². The quantitative estimate of drug-likeness (QED) is 0.903. The number of likely N-dealkylation sites (N-methyl/N-ethyl adjacent to an activating group) is 1. The minimum atomic E-state index is -0.285. The second-order valence-electron chi connectivity index (χ2n) is 5.61. The molecule has 116 valence electrons. The van der Waals surface area contributed by atoms with Crippen LogP contribution in [0, 0.1) is 11.7 Å². The number of piperidine rings is 1. The van der Waals surface area contributed by atoms with Gasteiger partial charge in [-0.15, -0.1) is 0 Å². The van der Waals surface area contributed by atoms with Crippen LogP contribution in [0.5, 0.6) is 5.75 Å². The lowest BCUT2D eigenvalue weighted by Gasteiger charge is -2.32. The van der Waals surface area contributed by atoms with E-state index in [2.05, 4.69) is 12.2 Å². The molecule has 1 saturated heterocycles. The molecule has 0 radical (unpaired) electrons. The van der Waals surface area contributed by atoms with Gasteiger partial charge in [-0.2, -0.15) is 0 Å². The second-order valence-corrected chi connectivity index (χ2v) is 5.61. The molecule has 0 saturated carbocycles. The fraction of sp³-hybridized carbons (Fsp3) is 0.562. The topological polar surface area (TPSA) is 41.6 Å². The normalized spacial score (nSPS) is 21.9. The molecule has 1 heterocycles. The van der Waals surface area contributed by atoms with E-state index in [1.165, 1.54) is 12.1 Å². The summed E-state index contributed by atoms with van der Waals surface area (Å²) in [5.74, 6) is 0.810. The van der Waals surface area contributed by atoms with Gasteiger partial charge in [0.25, 0.3) is 0 Å². The van der Waals surface area contributed by atoms with Crippen molar-refractivity contribution >= 4 is 5.91 Å². The van der Waals surface area contributed by atoms with Gasteiger partial charge in [0.1, 0.15) is 18.2 Å². The molecule has 1 aromatic rings. The van der Waals surface area contributed by atoms with Gasteiger partial charge in [-0.1, -0.05) is 6.92 Å². The molecule has 21 heavy (non-hydrogen) atoms. The Kier molecular flexibility index (Phi) is 5.56. The van der Waals surface area contributed by atoms with E-state index in [-0.39, 0.29) is 17.8 Å². The number of nitrogens with one attached hydrogen (secondary N) is 1. The highest BCUT2D eigenvalue weighted by molar-refractivity contribution is 5.82. The molecule has 4 nitrogen and oxygen atoms in total. The van der Waals surface area contributed by atoms with Crippen LogP contribution >= 0.6 is 0 Å². The van der Waals surface area contributed by atoms with Crippen LogP contribution in [0.4, 0.5) is 4.39 Å². The van der Waals surface area contributed by atoms with Crippen molar-refractivity contribution in [2.45, 2.75) is 25.8 Å². The molecule has 0 aromatic heterocycles. The Balaban J connectivity index is 1.77. The lowest BCUT2D eigenvalue weighted by Crippen LogP contribution is -2.51. The number of benzene rings is 1. The fourth-order valence-corrected chi connectivity index (χ4v) is 2.56. The predicted molar refractivity (Wildman–Crippen MR) is 79.7 cm³/mol. The number of nitrogens with zero attached hydrogens (tertiary/aromatic N) is 1. The van der Waals surface area contributed by atoms with Crippen molar-refractivity contribution in [2.24, 2.45) is 5.92 Å². The fourth-order valence-electron chi connectivity index (χ4n) is 2.56. The maximum atomic E-state index is 12.8. The van der Waals surface area contributed by atoms with Crippen LogP contribution in [0.3, 0.4) is 0 Å². The highest BCUT2D eigenvalue weighted by Gasteiger charge is 2.29. The molecule has 0 spiro atoms. The van der Waals surface area contributed by atoms with Crippen molar-refractivity contribution in [1.82, 2.24) is 10.2 Å². The van der Waals surface area contributed by atoms with E-state index in [1.54, 1.807) is 24.1 Å². The smallest absolute Gasteiger partial charge is 0.239 e. The Labute approximate surface area is 125 Å². The first-order chi connectivity index (χ1) is 10.1. The number of amides is 1. The van der Waals surface area contributed by atoms with Crippen molar-refractivity contribution in [1.29, 1.82) is 0 Å². The molecule has 1 amide bonds. The summed E-state index contributed by atoms with van der Waals surface area (Å²) in [6.45, 7) is 3.92. The zero-order chi connectivity index (χ0) is 15.2. The van der Waals surface area contributed by atoms with Crippen molar-refractivity contribution in [3.8, 4) is 5.75 Å². The van der Waals surface area contributed by atoms with Gasteiger partial charge in [-0.3, -0.25) is 4.79 Å². The maximum absolute atomic E-state index is 12.8. The highest BCUT2D eigenvalue weighted by atomic mass is 19.1. The first-order valence-electron chi connectivity index (χ1n) is 7.44. The first-order valence-corrected chi connectivity index (χ1v) is 7.44. The van der Waals surface area contributed by atoms with Crippen LogP contribution in [0.2, 0.25) is 0 Å². The Morgan fingerprint density at radius 2 is 2.14 bits per heavy atom. The molecule has 2 atom stereocenters. The summed E-state index contributed by atoms with van der Waals surface area (Å²) in [7, 11) is 1.79. The molecule has 1 aromatic carbocycles. The third-order valence-corrected chi connectivity index (χ3v) is 3.92. The van der Waals surface area contributed by atoms with Gasteiger partial charge in [0, 0.05) is 7.05 Å². The van der Waals surface area contributed by atoms with Crippen molar-refractivity contribution in [3.63, 3.8) is 0 Å². The van der Waals surface area contributed by atoms with Gasteiger partial charge in [0.2, 0.25) is 5.91 Å². The van der Waals surface area contributed by atoms with Crippen LogP contribution in [-0.4, -0.2) is 43.6 Å². The number of hydrogen-bond acceptors (Lipinski definition) is 3. The summed E-state index contributed by atoms with van der Waals surface area (Å²) in [5, 5.41) is 3.29. The Morgan fingerprint density at radius 1 is 1.43 bits per heavy atom. The SMILES string of the molecule is CC1CCCNC1C(=O)N(C)CCOc1ccc(F)cc1. The molecular formula is C16H23FN2O2. The Hall–Kier alpha value is -1.62. The number of halogens is 1. The van der Waals surface area contributed by atoms with Crippen LogP contribution in [0.25, 0.3) is 0 Å². The second kappa shape index (κ2) is 7.41. The molecule has 1 aliphatic rings. The highest BCUT2D eigenvalue weighted by Crippen LogP contribution is 2.17. The molecule has 5 heteroatoms. The van der Waals surface area contributed by atoms with Gasteiger partial charge in [-0.25, -0.2) is 4.39 Å². The van der Waals surface area contributed by atoms with Gasteiger partial charge >= 0.3 is 0 Å². The number of carbonyl (C=O) groups excluding carboxylic acids is 1. The van der Waals surface area contributed by atoms with Gasteiger partial charge in [0.05, 0.1) is 12.6 Å². The minimum Gasteiger partial charge on any atom is -0.492 e. The van der Waals surface area contributed by atoms with E-state index in [0.29, 0.717) is 24.8 Å². The molecule has 0 bridgehead atoms. The Morgan fingerprint density at radius 3 is 2.81 bits per heavy atom. The molecule has 2 rings (SSSR count). The van der Waals surface area contributed by atoms with Crippen LogP contribution in [0.15, 0.2) is 24.3 Å². The Bertz CT molecular complexity index is 464. The van der Waals surface area contributed by atoms with Gasteiger partial charge < -0.3 is 15.0 Å². The lowest BCUT2D eigenvalue weighted by atomic mass is 9.92. The monoisotopic (exact) mass is 294 g/mol. The summed E-state index contributed by atoms with van der Waals surface area (Å²) in [6.07, 6.45) is 2.21. The van der Waals surface area contributed by atoms with E-state index >= 15 is 0 Å². The summed E-state index contributed by atoms with van der Waals surface area (Å²) in [5.41, 5.74) is 0. The largest absolute Gasteiger partial charge is 0.492 e. The standard InChI is InChI=1S/C16H23FN2O2/c1-12-4-3-9-18-15(12)16(20)19(2)10-11-21-14-7-5-13(17)6-8-14/h5-8,12,15,18H,3-4,9-11H2,1-2H3. The average molecular weight is 294 g/mol. The maximum Gasteiger partial charge on any atom is 0.239 e. The predicted octanol–water partition coefficient (Wildman–Crippen LogP) is 2.05. The minimum absolute atomic E-state index is 0.0884. The third-order valence-electron chi connectivity index (χ3n) is 3.92. The van der Waals surface area contributed by atoms with E-state index in [1.807, 2.05) is 0 Å². The summed E-state index contributed by atoms with van der Waals surface area (Å²) in [6, 6.07) is 5.80. The van der Waals surface area contributed by atoms with Gasteiger partial charge in [0.15, 0.2) is 0 Å². The van der Waals surface area contributed by atoms with Crippen molar-refractivity contribution in [3.05, 3.63) is 30.1 Å². The molecule has 0 aliphatic carbocycles. The van der Waals surface area contributed by atoms with E-state index in [4.69, 9.17) is 4.74 Å². The molecule has 2 unspecified atom stereocenters. The zero-order valence-electron chi connectivity index (χ0n) is 12.6. The van der Waals surface area contributed by atoms with E-state index in [9.17, 15) is 9.18 Å². The zero-order valence-corrected chi connectivity index (χ0v) is 12.6. The molecule has 1 N–H and O–H groups in total. The molecular weight excluding hydrogens is 271 g/mol. The molecule has 1 fully saturated rings. The number of carbonyl (C=O) groups is 1. The van der Waals surface area contributed by atoms with Crippen molar-refractivity contribution < 1.29 is 13.9 Å². The number of hydrogen-bond donors (Lipinski definition) is 1. The van der Waals surface area contributed by atoms with Crippen LogP contribution < -0.4 is 10.1 Å². The summed E-state index contributed by atoms with van der Waals surface area (Å²) >= 11 is 0. The number of ether oxygens (including phenoxy) is 1. The average Bonchev–Trinajstić information content (AvgIpc) is 2.49. The van der Waals surface area contributed by atoms with E-state index in [0.717, 1.165) is 19.4 Å². The van der Waals surface area contributed by atoms with Gasteiger partial charge in [-0.05, 0) is 49.6 Å². The van der Waals surface area contributed by atoms with E-state index < -0.39 is 0 Å².